The van der Waals surface area contributed by atoms with Crippen LogP contribution in [0.3, 0.4) is 0 Å². The van der Waals surface area contributed by atoms with Gasteiger partial charge in [0.15, 0.2) is 0 Å². The Morgan fingerprint density at radius 3 is 2.43 bits per heavy atom. The molecule has 1 aliphatic carbocycles. The van der Waals surface area contributed by atoms with E-state index in [4.69, 9.17) is 4.74 Å². The third-order valence-electron chi connectivity index (χ3n) is 4.61. The topological polar surface area (TPSA) is 21.3 Å². The predicted octanol–water partition coefficient (Wildman–Crippen LogP) is 4.55. The number of ether oxygens (including phenoxy) is 1. The number of aryl methyl sites for hydroxylation is 2. The van der Waals surface area contributed by atoms with Crippen LogP contribution in [0.5, 0.6) is 0 Å². The Morgan fingerprint density at radius 1 is 1.14 bits per heavy atom. The van der Waals surface area contributed by atoms with Crippen molar-refractivity contribution in [1.29, 1.82) is 0 Å². The second kappa shape index (κ2) is 7.95. The Kier molecular flexibility index (Phi) is 6.25. The van der Waals surface area contributed by atoms with Gasteiger partial charge in [0.2, 0.25) is 0 Å². The number of benzene rings is 1. The van der Waals surface area contributed by atoms with Crippen LogP contribution in [-0.2, 0) is 4.74 Å². The standard InChI is InChI=1S/C19H31NO/c1-5-20-18(17-11-14(2)10-15(3)12-17)13-21-19-9-7-6-8-16(19)4/h10-12,16,18-20H,5-9,13H2,1-4H3. The normalized spacial score (nSPS) is 24.0. The minimum absolute atomic E-state index is 0.308. The SMILES string of the molecule is CCNC(COC1CCCCC1C)c1cc(C)cc(C)c1. The molecule has 2 heteroatoms. The Labute approximate surface area is 130 Å². The molecule has 2 rings (SSSR count). The summed E-state index contributed by atoms with van der Waals surface area (Å²) < 4.78 is 6.28. The zero-order valence-corrected chi connectivity index (χ0v) is 14.1. The van der Waals surface area contributed by atoms with Gasteiger partial charge in [0.25, 0.3) is 0 Å². The van der Waals surface area contributed by atoms with E-state index in [1.54, 1.807) is 0 Å². The first-order chi connectivity index (χ1) is 10.1. The number of nitrogens with one attached hydrogen (secondary N) is 1. The molecule has 0 spiro atoms. The average molecular weight is 289 g/mol. The summed E-state index contributed by atoms with van der Waals surface area (Å²) in [5.41, 5.74) is 4.02. The number of rotatable bonds is 6. The maximum Gasteiger partial charge on any atom is 0.0665 e. The Morgan fingerprint density at radius 2 is 1.81 bits per heavy atom. The highest BCUT2D eigenvalue weighted by atomic mass is 16.5. The number of hydrogen-bond acceptors (Lipinski definition) is 2. The van der Waals surface area contributed by atoms with Gasteiger partial charge in [-0.3, -0.25) is 0 Å². The fourth-order valence-electron chi connectivity index (χ4n) is 3.48. The van der Waals surface area contributed by atoms with Crippen molar-refractivity contribution in [1.82, 2.24) is 5.32 Å². The summed E-state index contributed by atoms with van der Waals surface area (Å²) >= 11 is 0. The van der Waals surface area contributed by atoms with Gasteiger partial charge < -0.3 is 10.1 Å². The van der Waals surface area contributed by atoms with E-state index in [0.717, 1.165) is 13.2 Å². The van der Waals surface area contributed by atoms with E-state index in [9.17, 15) is 0 Å². The van der Waals surface area contributed by atoms with Crippen LogP contribution < -0.4 is 5.32 Å². The Balaban J connectivity index is 2.01. The lowest BCUT2D eigenvalue weighted by atomic mass is 9.88. The minimum Gasteiger partial charge on any atom is -0.376 e. The monoisotopic (exact) mass is 289 g/mol. The molecule has 3 unspecified atom stereocenters. The molecule has 0 radical (unpaired) electrons. The molecule has 118 valence electrons. The smallest absolute Gasteiger partial charge is 0.0665 e. The molecule has 0 aromatic heterocycles. The van der Waals surface area contributed by atoms with Crippen molar-refractivity contribution in [3.63, 3.8) is 0 Å². The zero-order chi connectivity index (χ0) is 15.2. The van der Waals surface area contributed by atoms with E-state index in [1.807, 2.05) is 0 Å². The van der Waals surface area contributed by atoms with E-state index < -0.39 is 0 Å². The average Bonchev–Trinajstić information content (AvgIpc) is 2.44. The lowest BCUT2D eigenvalue weighted by Crippen LogP contribution is -2.31. The largest absolute Gasteiger partial charge is 0.376 e. The van der Waals surface area contributed by atoms with E-state index in [1.165, 1.54) is 42.4 Å². The van der Waals surface area contributed by atoms with Crippen LogP contribution in [0.2, 0.25) is 0 Å². The maximum atomic E-state index is 6.28. The second-order valence-corrected chi connectivity index (χ2v) is 6.66. The van der Waals surface area contributed by atoms with Gasteiger partial charge >= 0.3 is 0 Å². The summed E-state index contributed by atoms with van der Waals surface area (Å²) in [4.78, 5) is 0. The maximum absolute atomic E-state index is 6.28. The van der Waals surface area contributed by atoms with E-state index >= 15 is 0 Å². The summed E-state index contributed by atoms with van der Waals surface area (Å²) in [5, 5.41) is 3.58. The lowest BCUT2D eigenvalue weighted by Gasteiger charge is -2.30. The predicted molar refractivity (Wildman–Crippen MR) is 89.7 cm³/mol. The highest BCUT2D eigenvalue weighted by molar-refractivity contribution is 5.30. The molecule has 1 aromatic rings. The van der Waals surface area contributed by atoms with Crippen molar-refractivity contribution in [2.24, 2.45) is 5.92 Å². The van der Waals surface area contributed by atoms with Gasteiger partial charge in [-0.25, -0.2) is 0 Å². The van der Waals surface area contributed by atoms with Gasteiger partial charge in [0.1, 0.15) is 0 Å². The number of hydrogen-bond donors (Lipinski definition) is 1. The van der Waals surface area contributed by atoms with Crippen LogP contribution in [0.1, 0.15) is 62.3 Å². The van der Waals surface area contributed by atoms with Gasteiger partial charge in [-0.15, -0.1) is 0 Å². The first kappa shape index (κ1) is 16.5. The van der Waals surface area contributed by atoms with E-state index in [-0.39, 0.29) is 0 Å². The first-order valence-corrected chi connectivity index (χ1v) is 8.53. The van der Waals surface area contributed by atoms with E-state index in [2.05, 4.69) is 51.2 Å². The fourth-order valence-corrected chi connectivity index (χ4v) is 3.48. The molecule has 0 saturated heterocycles. The third-order valence-corrected chi connectivity index (χ3v) is 4.61. The summed E-state index contributed by atoms with van der Waals surface area (Å²) in [6.45, 7) is 10.6. The van der Waals surface area contributed by atoms with Crippen LogP contribution in [-0.4, -0.2) is 19.3 Å². The van der Waals surface area contributed by atoms with Crippen LogP contribution >= 0.6 is 0 Å². The van der Waals surface area contributed by atoms with Gasteiger partial charge in [0, 0.05) is 0 Å². The molecule has 1 aromatic carbocycles. The molecule has 1 aliphatic rings. The summed E-state index contributed by atoms with van der Waals surface area (Å²) in [5.74, 6) is 0.709. The third kappa shape index (κ3) is 4.82. The van der Waals surface area contributed by atoms with Crippen molar-refractivity contribution >= 4 is 0 Å². The van der Waals surface area contributed by atoms with Crippen LogP contribution in [0.4, 0.5) is 0 Å². The van der Waals surface area contributed by atoms with Crippen molar-refractivity contribution in [3.05, 3.63) is 34.9 Å². The number of likely N-dealkylation sites (N-methyl/N-ethyl adjacent to an activating group) is 1. The van der Waals surface area contributed by atoms with Crippen molar-refractivity contribution < 1.29 is 4.74 Å². The highest BCUT2D eigenvalue weighted by Crippen LogP contribution is 2.27. The molecule has 21 heavy (non-hydrogen) atoms. The van der Waals surface area contributed by atoms with Crippen molar-refractivity contribution in [3.8, 4) is 0 Å². The molecule has 0 amide bonds. The van der Waals surface area contributed by atoms with Gasteiger partial charge in [-0.1, -0.05) is 56.0 Å². The zero-order valence-electron chi connectivity index (χ0n) is 14.1. The van der Waals surface area contributed by atoms with Crippen LogP contribution in [0.25, 0.3) is 0 Å². The van der Waals surface area contributed by atoms with Crippen LogP contribution in [0, 0.1) is 19.8 Å². The van der Waals surface area contributed by atoms with Crippen molar-refractivity contribution in [2.75, 3.05) is 13.2 Å². The lowest BCUT2D eigenvalue weighted by molar-refractivity contribution is -0.0151. The Hall–Kier alpha value is -0.860. The molecule has 0 heterocycles. The molecule has 1 saturated carbocycles. The highest BCUT2D eigenvalue weighted by Gasteiger charge is 2.23. The molecule has 0 aliphatic heterocycles. The van der Waals surface area contributed by atoms with Gasteiger partial charge in [-0.05, 0) is 44.7 Å². The quantitative estimate of drug-likeness (QED) is 0.829. The molecule has 2 nitrogen and oxygen atoms in total. The van der Waals surface area contributed by atoms with Gasteiger partial charge in [-0.2, -0.15) is 0 Å². The summed E-state index contributed by atoms with van der Waals surface area (Å²) in [6, 6.07) is 7.11. The molecular formula is C19H31NO. The molecular weight excluding hydrogens is 258 g/mol. The molecule has 0 bridgehead atoms. The summed E-state index contributed by atoms with van der Waals surface area (Å²) in [7, 11) is 0. The summed E-state index contributed by atoms with van der Waals surface area (Å²) in [6.07, 6.45) is 5.69. The van der Waals surface area contributed by atoms with E-state index in [0.29, 0.717) is 18.1 Å². The van der Waals surface area contributed by atoms with Crippen LogP contribution in [0.15, 0.2) is 18.2 Å². The fraction of sp³-hybridized carbons (Fsp3) is 0.684. The van der Waals surface area contributed by atoms with Crippen molar-refractivity contribution in [2.45, 2.75) is 65.5 Å². The van der Waals surface area contributed by atoms with Gasteiger partial charge in [0.05, 0.1) is 18.8 Å². The molecule has 1 fully saturated rings. The second-order valence-electron chi connectivity index (χ2n) is 6.66. The Bertz CT molecular complexity index is 423. The molecule has 3 atom stereocenters. The minimum atomic E-state index is 0.308. The molecule has 1 N–H and O–H groups in total. The first-order valence-electron chi connectivity index (χ1n) is 8.53.